The van der Waals surface area contributed by atoms with Gasteiger partial charge in [0.2, 0.25) is 0 Å². The molecule has 1 fully saturated rings. The number of nitrogens with one attached hydrogen (secondary N) is 1. The zero-order chi connectivity index (χ0) is 26.3. The minimum atomic E-state index is -4.99. The molecule has 0 bridgehead atoms. The van der Waals surface area contributed by atoms with Crippen LogP contribution >= 0.6 is 0 Å². The Kier molecular flexibility index (Phi) is 7.02. The van der Waals surface area contributed by atoms with E-state index in [9.17, 15) is 40.3 Å². The summed E-state index contributed by atoms with van der Waals surface area (Å²) in [5, 5.41) is 2.22. The van der Waals surface area contributed by atoms with E-state index in [1.807, 2.05) is 0 Å². The highest BCUT2D eigenvalue weighted by Gasteiger charge is 2.65. The molecule has 0 spiro atoms. The fourth-order valence-electron chi connectivity index (χ4n) is 4.01. The van der Waals surface area contributed by atoms with Gasteiger partial charge in [-0.1, -0.05) is 13.0 Å². The van der Waals surface area contributed by atoms with Gasteiger partial charge in [0.15, 0.2) is 5.60 Å². The first kappa shape index (κ1) is 26.3. The number of nitrogens with two attached hydrogens (primary N) is 1. The van der Waals surface area contributed by atoms with Crippen molar-refractivity contribution in [2.24, 2.45) is 11.7 Å². The van der Waals surface area contributed by atoms with Crippen molar-refractivity contribution >= 4 is 17.5 Å². The summed E-state index contributed by atoms with van der Waals surface area (Å²) in [7, 11) is 0. The van der Waals surface area contributed by atoms with Crippen LogP contribution in [-0.2, 0) is 9.53 Å². The predicted octanol–water partition coefficient (Wildman–Crippen LogP) is 4.74. The molecule has 13 heteroatoms. The fraction of sp³-hybridized carbons (Fsp3) is 0.364. The number of alkyl halides is 5. The van der Waals surface area contributed by atoms with E-state index in [4.69, 9.17) is 10.5 Å². The van der Waals surface area contributed by atoms with Crippen LogP contribution in [0.5, 0.6) is 5.75 Å². The van der Waals surface area contributed by atoms with E-state index in [-0.39, 0.29) is 11.3 Å². The standard InChI is InChI=1S/C22H19F7N2O4/c1-9-16(12-5-3-10(23)7-15(12)34-20(25)26)17(35-21(9,2)22(27,28)29)19(33)31-11-4-6-14(24)13(8-11)18(30)32/h3-9,16-17,20H,1-2H3,(H2,30,32)(H,31,33)/t9-,16-,17-,21+/m1/s1. The monoisotopic (exact) mass is 508 g/mol. The van der Waals surface area contributed by atoms with Gasteiger partial charge in [0, 0.05) is 29.2 Å². The van der Waals surface area contributed by atoms with E-state index in [1.54, 1.807) is 0 Å². The lowest BCUT2D eigenvalue weighted by atomic mass is 9.77. The number of hydrogen-bond donors (Lipinski definition) is 2. The van der Waals surface area contributed by atoms with E-state index in [0.29, 0.717) is 13.0 Å². The van der Waals surface area contributed by atoms with E-state index >= 15 is 0 Å². The van der Waals surface area contributed by atoms with Crippen molar-refractivity contribution in [2.45, 2.75) is 44.3 Å². The second kappa shape index (κ2) is 9.36. The van der Waals surface area contributed by atoms with Gasteiger partial charge in [-0.15, -0.1) is 0 Å². The Labute approximate surface area is 194 Å². The van der Waals surface area contributed by atoms with Crippen molar-refractivity contribution in [3.05, 3.63) is 59.2 Å². The van der Waals surface area contributed by atoms with Crippen molar-refractivity contribution in [1.29, 1.82) is 0 Å². The van der Waals surface area contributed by atoms with Gasteiger partial charge in [0.25, 0.3) is 11.8 Å². The number of rotatable bonds is 6. The molecule has 1 aliphatic rings. The van der Waals surface area contributed by atoms with Gasteiger partial charge in [-0.2, -0.15) is 22.0 Å². The molecule has 3 rings (SSSR count). The maximum Gasteiger partial charge on any atom is 0.417 e. The van der Waals surface area contributed by atoms with Gasteiger partial charge in [0.05, 0.1) is 5.56 Å². The first-order valence-electron chi connectivity index (χ1n) is 10.0. The van der Waals surface area contributed by atoms with Gasteiger partial charge in [-0.05, 0) is 31.2 Å². The molecule has 0 aromatic heterocycles. The van der Waals surface area contributed by atoms with Crippen molar-refractivity contribution in [1.82, 2.24) is 0 Å². The topological polar surface area (TPSA) is 90.6 Å². The molecule has 0 radical (unpaired) electrons. The average molecular weight is 508 g/mol. The minimum Gasteiger partial charge on any atom is -0.434 e. The van der Waals surface area contributed by atoms with Crippen molar-refractivity contribution in [2.75, 3.05) is 5.32 Å². The Morgan fingerprint density at radius 2 is 1.80 bits per heavy atom. The van der Waals surface area contributed by atoms with Crippen molar-refractivity contribution in [3.8, 4) is 5.75 Å². The van der Waals surface area contributed by atoms with Crippen LogP contribution in [-0.4, -0.2) is 36.3 Å². The summed E-state index contributed by atoms with van der Waals surface area (Å²) >= 11 is 0. The van der Waals surface area contributed by atoms with Crippen LogP contribution in [0.3, 0.4) is 0 Å². The number of primary amides is 1. The molecule has 2 aromatic rings. The number of carbonyl (C=O) groups is 2. The third kappa shape index (κ3) is 5.04. The Morgan fingerprint density at radius 3 is 2.37 bits per heavy atom. The van der Waals surface area contributed by atoms with E-state index in [1.165, 1.54) is 0 Å². The van der Waals surface area contributed by atoms with E-state index in [2.05, 4.69) is 10.1 Å². The summed E-state index contributed by atoms with van der Waals surface area (Å²) in [4.78, 5) is 24.4. The van der Waals surface area contributed by atoms with Crippen LogP contribution < -0.4 is 15.8 Å². The quantitative estimate of drug-likeness (QED) is 0.552. The second-order valence-electron chi connectivity index (χ2n) is 8.07. The minimum absolute atomic E-state index is 0.191. The summed E-state index contributed by atoms with van der Waals surface area (Å²) in [6, 6.07) is 5.01. The van der Waals surface area contributed by atoms with Gasteiger partial charge in [-0.3, -0.25) is 9.59 Å². The van der Waals surface area contributed by atoms with Crippen LogP contribution in [0.2, 0.25) is 0 Å². The summed E-state index contributed by atoms with van der Waals surface area (Å²) in [5.74, 6) is -8.13. The van der Waals surface area contributed by atoms with Crippen LogP contribution in [0.4, 0.5) is 36.4 Å². The predicted molar refractivity (Wildman–Crippen MR) is 108 cm³/mol. The molecule has 3 N–H and O–H groups in total. The number of amides is 2. The zero-order valence-corrected chi connectivity index (χ0v) is 18.1. The largest absolute Gasteiger partial charge is 0.434 e. The maximum atomic E-state index is 13.9. The van der Waals surface area contributed by atoms with Crippen molar-refractivity contribution < 1.29 is 49.8 Å². The second-order valence-corrected chi connectivity index (χ2v) is 8.07. The number of carbonyl (C=O) groups excluding carboxylic acids is 2. The maximum absolute atomic E-state index is 13.9. The number of hydrogen-bond acceptors (Lipinski definition) is 4. The van der Waals surface area contributed by atoms with Gasteiger partial charge in [-0.25, -0.2) is 8.78 Å². The van der Waals surface area contributed by atoms with Gasteiger partial charge < -0.3 is 20.5 Å². The molecular weight excluding hydrogens is 489 g/mol. The lowest BCUT2D eigenvalue weighted by molar-refractivity contribution is -0.272. The Bertz CT molecular complexity index is 1140. The molecule has 0 aliphatic carbocycles. The van der Waals surface area contributed by atoms with Crippen LogP contribution in [0.1, 0.15) is 35.7 Å². The Morgan fingerprint density at radius 1 is 1.14 bits per heavy atom. The van der Waals surface area contributed by atoms with Crippen molar-refractivity contribution in [3.63, 3.8) is 0 Å². The summed E-state index contributed by atoms with van der Waals surface area (Å²) < 4.78 is 105. The number of anilines is 1. The van der Waals surface area contributed by atoms with E-state index in [0.717, 1.165) is 37.3 Å². The molecule has 2 amide bonds. The lowest BCUT2D eigenvalue weighted by Crippen LogP contribution is -2.47. The number of benzene rings is 2. The molecule has 0 unspecified atom stereocenters. The lowest BCUT2D eigenvalue weighted by Gasteiger charge is -2.32. The highest BCUT2D eigenvalue weighted by atomic mass is 19.4. The molecule has 1 aliphatic heterocycles. The summed E-state index contributed by atoms with van der Waals surface area (Å²) in [6.07, 6.45) is -6.91. The smallest absolute Gasteiger partial charge is 0.417 e. The summed E-state index contributed by atoms with van der Waals surface area (Å²) in [6.45, 7) is -1.64. The average Bonchev–Trinajstić information content (AvgIpc) is 3.01. The number of halogens is 7. The van der Waals surface area contributed by atoms with E-state index < -0.39 is 71.1 Å². The Hall–Kier alpha value is -3.35. The highest BCUT2D eigenvalue weighted by molar-refractivity contribution is 5.98. The normalized spacial score (nSPS) is 24.5. The van der Waals surface area contributed by atoms with Crippen LogP contribution in [0.25, 0.3) is 0 Å². The molecule has 4 atom stereocenters. The molecular formula is C22H19F7N2O4. The fourth-order valence-corrected chi connectivity index (χ4v) is 4.01. The third-order valence-electron chi connectivity index (χ3n) is 5.98. The van der Waals surface area contributed by atoms with Crippen LogP contribution in [0, 0.1) is 17.6 Å². The number of ether oxygens (including phenoxy) is 2. The third-order valence-corrected chi connectivity index (χ3v) is 5.98. The first-order valence-corrected chi connectivity index (χ1v) is 10.0. The molecule has 6 nitrogen and oxygen atoms in total. The summed E-state index contributed by atoms with van der Waals surface area (Å²) in [5.41, 5.74) is 1.05. The Balaban J connectivity index is 2.07. The molecule has 190 valence electrons. The molecule has 2 aromatic carbocycles. The van der Waals surface area contributed by atoms with Crippen LogP contribution in [0.15, 0.2) is 36.4 Å². The van der Waals surface area contributed by atoms with Gasteiger partial charge in [0.1, 0.15) is 23.5 Å². The molecule has 1 saturated heterocycles. The molecule has 1 heterocycles. The highest BCUT2D eigenvalue weighted by Crippen LogP contribution is 2.54. The van der Waals surface area contributed by atoms with Gasteiger partial charge >= 0.3 is 12.8 Å². The zero-order valence-electron chi connectivity index (χ0n) is 18.1. The molecule has 0 saturated carbocycles. The first-order chi connectivity index (χ1) is 16.2. The molecule has 35 heavy (non-hydrogen) atoms. The SMILES string of the molecule is C[C@@H]1[C@H](c2ccc(F)cc2OC(F)F)[C@H](C(=O)Nc2ccc(F)c(C(N)=O)c2)O[C@]1(C)C(F)(F)F.